The molecule has 0 aromatic heterocycles. The van der Waals surface area contributed by atoms with E-state index < -0.39 is 22.1 Å². The molecule has 2 N–H and O–H groups in total. The fourth-order valence-electron chi connectivity index (χ4n) is 1.56. The number of hydrogen-bond acceptors (Lipinski definition) is 3. The van der Waals surface area contributed by atoms with E-state index in [4.69, 9.17) is 10.2 Å². The van der Waals surface area contributed by atoms with Crippen LogP contribution in [-0.2, 0) is 9.59 Å². The van der Waals surface area contributed by atoms with E-state index in [1.165, 1.54) is 13.0 Å². The van der Waals surface area contributed by atoms with Crippen molar-refractivity contribution in [3.8, 4) is 0 Å². The fourth-order valence-corrected chi connectivity index (χ4v) is 2.00. The number of carboxylic acid groups (broad SMARTS) is 2. The van der Waals surface area contributed by atoms with Crippen molar-refractivity contribution in [2.75, 3.05) is 0 Å². The van der Waals surface area contributed by atoms with E-state index in [0.29, 0.717) is 0 Å². The molecule has 0 heterocycles. The molecule has 2 atom stereocenters. The Kier molecular flexibility index (Phi) is 2.63. The fraction of sp³-hybridized carbons (Fsp3) is 0.556. The Bertz CT molecular complexity index is 312. The molecule has 2 unspecified atom stereocenters. The number of thiol groups is 1. The maximum absolute atomic E-state index is 10.9. The second kappa shape index (κ2) is 3.31. The first-order chi connectivity index (χ1) is 6.30. The second-order valence-electron chi connectivity index (χ2n) is 3.84. The highest BCUT2D eigenvalue weighted by Gasteiger charge is 2.46. The van der Waals surface area contributed by atoms with Gasteiger partial charge in [0.1, 0.15) is 4.75 Å². The smallest absolute Gasteiger partial charge is 0.319 e. The Hall–Kier alpha value is -0.970. The van der Waals surface area contributed by atoms with Crippen LogP contribution in [0.4, 0.5) is 0 Å². The monoisotopic (exact) mass is 216 g/mol. The van der Waals surface area contributed by atoms with E-state index in [-0.39, 0.29) is 12.8 Å². The summed E-state index contributed by atoms with van der Waals surface area (Å²) in [5.74, 6) is -2.09. The van der Waals surface area contributed by atoms with Gasteiger partial charge in [0.15, 0.2) is 0 Å². The summed E-state index contributed by atoms with van der Waals surface area (Å²) >= 11 is 4.04. The molecule has 0 aliphatic heterocycles. The maximum Gasteiger partial charge on any atom is 0.319 e. The number of carbonyl (C=O) groups is 2. The first-order valence-electron chi connectivity index (χ1n) is 4.17. The van der Waals surface area contributed by atoms with Crippen molar-refractivity contribution < 1.29 is 19.8 Å². The summed E-state index contributed by atoms with van der Waals surface area (Å²) in [5.41, 5.74) is -1.13. The number of rotatable bonds is 2. The van der Waals surface area contributed by atoms with Crippen LogP contribution >= 0.6 is 12.6 Å². The van der Waals surface area contributed by atoms with Crippen LogP contribution in [0, 0.1) is 5.41 Å². The van der Waals surface area contributed by atoms with Crippen LogP contribution < -0.4 is 0 Å². The Balaban J connectivity index is 3.00. The third kappa shape index (κ3) is 1.77. The van der Waals surface area contributed by atoms with Gasteiger partial charge in [-0.15, -0.1) is 0 Å². The molecule has 0 saturated heterocycles. The predicted octanol–water partition coefficient (Wildman–Crippen LogP) is 1.18. The number of aliphatic carboxylic acids is 2. The van der Waals surface area contributed by atoms with Gasteiger partial charge >= 0.3 is 11.9 Å². The van der Waals surface area contributed by atoms with E-state index >= 15 is 0 Å². The van der Waals surface area contributed by atoms with Crippen LogP contribution in [0.5, 0.6) is 0 Å². The molecule has 1 aliphatic carbocycles. The lowest BCUT2D eigenvalue weighted by Gasteiger charge is -2.34. The Morgan fingerprint density at radius 3 is 2.36 bits per heavy atom. The minimum atomic E-state index is -1.26. The van der Waals surface area contributed by atoms with Gasteiger partial charge in [0, 0.05) is 0 Å². The van der Waals surface area contributed by atoms with Crippen molar-refractivity contribution in [2.45, 2.75) is 24.5 Å². The molecule has 4 nitrogen and oxygen atoms in total. The van der Waals surface area contributed by atoms with E-state index in [0.717, 1.165) is 0 Å². The van der Waals surface area contributed by atoms with Crippen LogP contribution in [0.25, 0.3) is 0 Å². The molecular weight excluding hydrogens is 204 g/mol. The third-order valence-corrected chi connectivity index (χ3v) is 3.02. The molecule has 0 bridgehead atoms. The van der Waals surface area contributed by atoms with Crippen molar-refractivity contribution in [3.63, 3.8) is 0 Å². The molecule has 14 heavy (non-hydrogen) atoms. The Labute approximate surface area is 87.0 Å². The van der Waals surface area contributed by atoms with Crippen molar-refractivity contribution in [3.05, 3.63) is 12.2 Å². The van der Waals surface area contributed by atoms with Crippen LogP contribution in [0.3, 0.4) is 0 Å². The minimum absolute atomic E-state index is 0.00424. The van der Waals surface area contributed by atoms with E-state index in [9.17, 15) is 9.59 Å². The highest BCUT2D eigenvalue weighted by Crippen LogP contribution is 2.40. The van der Waals surface area contributed by atoms with Crippen LogP contribution in [-0.4, -0.2) is 26.9 Å². The molecule has 0 aromatic carbocycles. The number of allylic oxidation sites excluding steroid dienone is 1. The van der Waals surface area contributed by atoms with Gasteiger partial charge in [-0.1, -0.05) is 12.2 Å². The summed E-state index contributed by atoms with van der Waals surface area (Å²) in [6.45, 7) is 1.50. The molecule has 78 valence electrons. The van der Waals surface area contributed by atoms with Crippen LogP contribution in [0.15, 0.2) is 12.2 Å². The second-order valence-corrected chi connectivity index (χ2v) is 4.70. The average Bonchev–Trinajstić information content (AvgIpc) is 2.03. The van der Waals surface area contributed by atoms with E-state index in [2.05, 4.69) is 12.6 Å². The molecule has 0 fully saturated rings. The van der Waals surface area contributed by atoms with Crippen molar-refractivity contribution in [2.24, 2.45) is 5.41 Å². The summed E-state index contributed by atoms with van der Waals surface area (Å²) in [5, 5.41) is 17.8. The molecule has 5 heteroatoms. The normalized spacial score (nSPS) is 36.7. The molecule has 0 aromatic rings. The zero-order chi connectivity index (χ0) is 11.0. The molecule has 0 saturated carbocycles. The van der Waals surface area contributed by atoms with E-state index in [1.54, 1.807) is 6.08 Å². The molecule has 1 aliphatic rings. The zero-order valence-electron chi connectivity index (χ0n) is 7.73. The third-order valence-electron chi connectivity index (χ3n) is 2.49. The summed E-state index contributed by atoms with van der Waals surface area (Å²) in [6.07, 6.45) is 3.37. The zero-order valence-corrected chi connectivity index (χ0v) is 8.62. The SMILES string of the molecule is CC1(C(=O)O)C=CCC(S)(C(=O)O)C1. The summed E-state index contributed by atoms with van der Waals surface area (Å²) in [7, 11) is 0. The lowest BCUT2D eigenvalue weighted by atomic mass is 9.75. The van der Waals surface area contributed by atoms with Gasteiger partial charge in [-0.2, -0.15) is 12.6 Å². The minimum Gasteiger partial charge on any atom is -0.481 e. The van der Waals surface area contributed by atoms with Crippen LogP contribution in [0.2, 0.25) is 0 Å². The number of hydrogen-bond donors (Lipinski definition) is 3. The molecule has 0 amide bonds. The molecule has 0 spiro atoms. The van der Waals surface area contributed by atoms with Gasteiger partial charge in [0.2, 0.25) is 0 Å². The maximum atomic E-state index is 10.9. The van der Waals surface area contributed by atoms with Gasteiger partial charge < -0.3 is 10.2 Å². The van der Waals surface area contributed by atoms with Gasteiger partial charge in [0.05, 0.1) is 5.41 Å². The molecular formula is C9H12O4S. The van der Waals surface area contributed by atoms with Gasteiger partial charge in [-0.25, -0.2) is 0 Å². The first kappa shape index (κ1) is 11.1. The van der Waals surface area contributed by atoms with Crippen LogP contribution in [0.1, 0.15) is 19.8 Å². The number of carboxylic acids is 2. The Morgan fingerprint density at radius 1 is 1.36 bits per heavy atom. The van der Waals surface area contributed by atoms with Crippen molar-refractivity contribution in [1.82, 2.24) is 0 Å². The standard InChI is InChI=1S/C9H12O4S/c1-8(6(10)11)3-2-4-9(14,5-8)7(12)13/h2-3,14H,4-5H2,1H3,(H,10,11)(H,12,13). The average molecular weight is 216 g/mol. The largest absolute Gasteiger partial charge is 0.481 e. The van der Waals surface area contributed by atoms with Crippen molar-refractivity contribution in [1.29, 1.82) is 0 Å². The lowest BCUT2D eigenvalue weighted by molar-refractivity contribution is -0.148. The van der Waals surface area contributed by atoms with Gasteiger partial charge in [-0.05, 0) is 19.8 Å². The first-order valence-corrected chi connectivity index (χ1v) is 4.62. The summed E-state index contributed by atoms with van der Waals surface area (Å²) in [4.78, 5) is 21.8. The highest BCUT2D eigenvalue weighted by molar-refractivity contribution is 7.82. The predicted molar refractivity (Wildman–Crippen MR) is 53.5 cm³/mol. The quantitative estimate of drug-likeness (QED) is 0.478. The van der Waals surface area contributed by atoms with Crippen molar-refractivity contribution >= 4 is 24.6 Å². The van der Waals surface area contributed by atoms with Gasteiger partial charge in [0.25, 0.3) is 0 Å². The summed E-state index contributed by atoms with van der Waals surface area (Å²) < 4.78 is -1.26. The highest BCUT2D eigenvalue weighted by atomic mass is 32.1. The lowest BCUT2D eigenvalue weighted by Crippen LogP contribution is -2.43. The summed E-state index contributed by atoms with van der Waals surface area (Å²) in [6, 6.07) is 0. The molecule has 1 rings (SSSR count). The topological polar surface area (TPSA) is 74.6 Å². The van der Waals surface area contributed by atoms with Gasteiger partial charge in [-0.3, -0.25) is 9.59 Å². The molecule has 0 radical (unpaired) electrons. The Morgan fingerprint density at radius 2 is 1.93 bits per heavy atom. The van der Waals surface area contributed by atoms with E-state index in [1.807, 2.05) is 0 Å².